The average molecular weight is 354 g/mol. The Morgan fingerprint density at radius 2 is 1.92 bits per heavy atom. The molecular formula is C22H26O4. The molecule has 138 valence electrons. The second-order valence-electron chi connectivity index (χ2n) is 7.83. The number of fused-ring (bicyclic) bond motifs is 5. The average Bonchev–Trinajstić information content (AvgIpc) is 3.10. The van der Waals surface area contributed by atoms with Crippen LogP contribution >= 0.6 is 0 Å². The summed E-state index contributed by atoms with van der Waals surface area (Å²) in [6, 6.07) is 6.24. The second-order valence-corrected chi connectivity index (χ2v) is 7.83. The summed E-state index contributed by atoms with van der Waals surface area (Å²) in [4.78, 5) is 24.8. The van der Waals surface area contributed by atoms with Crippen molar-refractivity contribution in [3.05, 3.63) is 40.5 Å². The number of methoxy groups -OCH3 is 2. The number of ether oxygens (including phenoxy) is 2. The number of esters is 1. The third kappa shape index (κ3) is 2.58. The molecule has 0 spiro atoms. The maximum absolute atomic E-state index is 12.7. The molecule has 26 heavy (non-hydrogen) atoms. The molecule has 3 aliphatic rings. The lowest BCUT2D eigenvalue weighted by Gasteiger charge is -2.46. The van der Waals surface area contributed by atoms with Gasteiger partial charge in [-0.2, -0.15) is 0 Å². The zero-order valence-corrected chi connectivity index (χ0v) is 15.7. The van der Waals surface area contributed by atoms with Gasteiger partial charge in [0.15, 0.2) is 5.78 Å². The Bertz CT molecular complexity index is 791. The number of hydrogen-bond donors (Lipinski definition) is 0. The van der Waals surface area contributed by atoms with Gasteiger partial charge in [-0.1, -0.05) is 11.6 Å². The van der Waals surface area contributed by atoms with Crippen LogP contribution in [-0.4, -0.2) is 26.0 Å². The number of benzene rings is 1. The molecule has 0 aliphatic heterocycles. The Kier molecular flexibility index (Phi) is 4.37. The highest BCUT2D eigenvalue weighted by Crippen LogP contribution is 2.57. The number of aryl methyl sites for hydroxylation is 1. The lowest BCUT2D eigenvalue weighted by molar-refractivity contribution is -0.148. The van der Waals surface area contributed by atoms with E-state index in [1.165, 1.54) is 23.8 Å². The first-order chi connectivity index (χ1) is 12.5. The van der Waals surface area contributed by atoms with Crippen LogP contribution in [0.5, 0.6) is 5.75 Å². The van der Waals surface area contributed by atoms with Crippen LogP contribution in [0.4, 0.5) is 0 Å². The van der Waals surface area contributed by atoms with Crippen LogP contribution in [0.2, 0.25) is 0 Å². The molecule has 0 saturated heterocycles. The molecular weight excluding hydrogens is 328 g/mol. The molecule has 1 aromatic carbocycles. The Labute approximate surface area is 154 Å². The van der Waals surface area contributed by atoms with E-state index in [0.717, 1.165) is 37.0 Å². The molecule has 0 N–H and O–H groups in total. The predicted molar refractivity (Wildman–Crippen MR) is 98.1 cm³/mol. The molecule has 4 rings (SSSR count). The Balaban J connectivity index is 1.80. The van der Waals surface area contributed by atoms with Crippen LogP contribution in [0.25, 0.3) is 0 Å². The second kappa shape index (κ2) is 6.57. The third-order valence-corrected chi connectivity index (χ3v) is 6.78. The van der Waals surface area contributed by atoms with Crippen LogP contribution in [-0.2, 0) is 20.7 Å². The minimum Gasteiger partial charge on any atom is -0.497 e. The van der Waals surface area contributed by atoms with Gasteiger partial charge in [0.2, 0.25) is 0 Å². The van der Waals surface area contributed by atoms with E-state index in [4.69, 9.17) is 9.47 Å². The van der Waals surface area contributed by atoms with E-state index in [0.29, 0.717) is 18.3 Å². The SMILES string of the molecule is COC(=O)[C@H]1CC2=C(C(C)=O)CC[C@H]2[C@@H]2CCc3cc(OC)ccc3[C@H]21. The standard InChI is InChI=1S/C22H26O4/c1-12(23)15-8-9-17-18-6-4-13-10-14(25-2)5-7-16(13)21(18)20(11-19(15)17)22(24)26-3/h5,7,10,17-18,20-21H,4,6,8-9,11H2,1-3H3/t17-,18-,20-,21+/m0/s1. The van der Waals surface area contributed by atoms with Crippen LogP contribution in [0.1, 0.15) is 49.7 Å². The van der Waals surface area contributed by atoms with Gasteiger partial charge in [-0.05, 0) is 79.7 Å². The lowest BCUT2D eigenvalue weighted by atomic mass is 9.58. The molecule has 0 radical (unpaired) electrons. The topological polar surface area (TPSA) is 52.6 Å². The van der Waals surface area contributed by atoms with Crippen molar-refractivity contribution in [2.75, 3.05) is 14.2 Å². The molecule has 1 fully saturated rings. The van der Waals surface area contributed by atoms with E-state index in [-0.39, 0.29) is 23.6 Å². The number of hydrogen-bond acceptors (Lipinski definition) is 4. The molecule has 1 aromatic rings. The molecule has 0 bridgehead atoms. The van der Waals surface area contributed by atoms with Crippen molar-refractivity contribution >= 4 is 11.8 Å². The highest BCUT2D eigenvalue weighted by molar-refractivity contribution is 5.95. The van der Waals surface area contributed by atoms with Crippen molar-refractivity contribution in [3.8, 4) is 5.75 Å². The maximum Gasteiger partial charge on any atom is 0.309 e. The van der Waals surface area contributed by atoms with E-state index >= 15 is 0 Å². The minimum atomic E-state index is -0.198. The summed E-state index contributed by atoms with van der Waals surface area (Å²) in [6.45, 7) is 1.66. The van der Waals surface area contributed by atoms with E-state index in [1.807, 2.05) is 6.07 Å². The fourth-order valence-corrected chi connectivity index (χ4v) is 5.70. The van der Waals surface area contributed by atoms with Gasteiger partial charge in [0.25, 0.3) is 0 Å². The van der Waals surface area contributed by atoms with Crippen molar-refractivity contribution in [1.29, 1.82) is 0 Å². The number of carbonyl (C=O) groups is 2. The van der Waals surface area contributed by atoms with E-state index in [2.05, 4.69) is 12.1 Å². The molecule has 3 aliphatic carbocycles. The van der Waals surface area contributed by atoms with Crippen molar-refractivity contribution in [2.24, 2.45) is 17.8 Å². The quantitative estimate of drug-likeness (QED) is 0.774. The number of Topliss-reactive ketones (excluding diaryl/α,β-unsaturated/α-hetero) is 1. The van der Waals surface area contributed by atoms with Gasteiger partial charge in [0.05, 0.1) is 20.1 Å². The zero-order valence-electron chi connectivity index (χ0n) is 15.7. The minimum absolute atomic E-state index is 0.149. The molecule has 4 atom stereocenters. The van der Waals surface area contributed by atoms with Gasteiger partial charge in [-0.15, -0.1) is 0 Å². The van der Waals surface area contributed by atoms with E-state index < -0.39 is 0 Å². The Hall–Kier alpha value is -2.10. The summed E-state index contributed by atoms with van der Waals surface area (Å²) in [6.07, 6.45) is 4.63. The van der Waals surface area contributed by atoms with Crippen molar-refractivity contribution in [2.45, 2.75) is 44.9 Å². The van der Waals surface area contributed by atoms with E-state index in [1.54, 1.807) is 14.0 Å². The van der Waals surface area contributed by atoms with Crippen LogP contribution < -0.4 is 4.74 Å². The normalized spacial score (nSPS) is 29.5. The number of allylic oxidation sites excluding steroid dienone is 2. The summed E-state index contributed by atoms with van der Waals surface area (Å²) >= 11 is 0. The first kappa shape index (κ1) is 17.3. The Morgan fingerprint density at radius 3 is 2.62 bits per heavy atom. The molecule has 4 heteroatoms. The summed E-state index contributed by atoms with van der Waals surface area (Å²) in [5.74, 6) is 1.73. The number of ketones is 1. The molecule has 4 nitrogen and oxygen atoms in total. The summed E-state index contributed by atoms with van der Waals surface area (Å²) < 4.78 is 10.6. The van der Waals surface area contributed by atoms with Crippen molar-refractivity contribution < 1.29 is 19.1 Å². The summed E-state index contributed by atoms with van der Waals surface area (Å²) in [7, 11) is 3.15. The highest BCUT2D eigenvalue weighted by atomic mass is 16.5. The number of rotatable bonds is 3. The van der Waals surface area contributed by atoms with Gasteiger partial charge < -0.3 is 9.47 Å². The molecule has 1 saturated carbocycles. The van der Waals surface area contributed by atoms with Crippen LogP contribution in [0.3, 0.4) is 0 Å². The van der Waals surface area contributed by atoms with Crippen LogP contribution in [0, 0.1) is 17.8 Å². The predicted octanol–water partition coefficient (Wildman–Crippen LogP) is 3.83. The van der Waals surface area contributed by atoms with Crippen molar-refractivity contribution in [3.63, 3.8) is 0 Å². The van der Waals surface area contributed by atoms with Crippen molar-refractivity contribution in [1.82, 2.24) is 0 Å². The molecule has 0 aromatic heterocycles. The van der Waals surface area contributed by atoms with Crippen LogP contribution in [0.15, 0.2) is 29.3 Å². The largest absolute Gasteiger partial charge is 0.497 e. The number of carbonyl (C=O) groups excluding carboxylic acids is 2. The monoisotopic (exact) mass is 354 g/mol. The highest BCUT2D eigenvalue weighted by Gasteiger charge is 2.50. The van der Waals surface area contributed by atoms with Gasteiger partial charge in [-0.3, -0.25) is 9.59 Å². The molecule has 0 amide bonds. The van der Waals surface area contributed by atoms with Gasteiger partial charge in [0.1, 0.15) is 5.75 Å². The first-order valence-electron chi connectivity index (χ1n) is 9.52. The fourth-order valence-electron chi connectivity index (χ4n) is 5.70. The lowest BCUT2D eigenvalue weighted by Crippen LogP contribution is -2.40. The molecule has 0 heterocycles. The third-order valence-electron chi connectivity index (χ3n) is 6.78. The Morgan fingerprint density at radius 1 is 1.12 bits per heavy atom. The zero-order chi connectivity index (χ0) is 18.4. The van der Waals surface area contributed by atoms with Gasteiger partial charge in [-0.25, -0.2) is 0 Å². The maximum atomic E-state index is 12.7. The summed E-state index contributed by atoms with van der Waals surface area (Å²) in [5, 5.41) is 0. The smallest absolute Gasteiger partial charge is 0.309 e. The van der Waals surface area contributed by atoms with Gasteiger partial charge in [0, 0.05) is 5.92 Å². The van der Waals surface area contributed by atoms with Gasteiger partial charge >= 0.3 is 5.97 Å². The molecule has 0 unspecified atom stereocenters. The van der Waals surface area contributed by atoms with E-state index in [9.17, 15) is 9.59 Å². The first-order valence-corrected chi connectivity index (χ1v) is 9.52. The summed E-state index contributed by atoms with van der Waals surface area (Å²) in [5.41, 5.74) is 4.78. The fraction of sp³-hybridized carbons (Fsp3) is 0.545.